The first-order chi connectivity index (χ1) is 11.6. The fourth-order valence-corrected chi connectivity index (χ4v) is 4.14. The van der Waals surface area contributed by atoms with Crippen LogP contribution in [0, 0.1) is 11.8 Å². The van der Waals surface area contributed by atoms with Crippen LogP contribution in [0.3, 0.4) is 0 Å². The molecule has 0 aromatic carbocycles. The molecule has 0 aromatic heterocycles. The van der Waals surface area contributed by atoms with Crippen molar-refractivity contribution < 1.29 is 20.1 Å². The predicted octanol–water partition coefficient (Wildman–Crippen LogP) is 4.52. The molecule has 4 nitrogen and oxygen atoms in total. The predicted molar refractivity (Wildman–Crippen MR) is 96.9 cm³/mol. The highest BCUT2D eigenvalue weighted by Crippen LogP contribution is 2.39. The first kappa shape index (κ1) is 21.4. The number of aliphatic hydroxyl groups is 2. The van der Waals surface area contributed by atoms with Gasteiger partial charge in [-0.2, -0.15) is 0 Å². The molecule has 1 saturated carbocycles. The van der Waals surface area contributed by atoms with Crippen LogP contribution in [0.25, 0.3) is 0 Å². The second-order valence-electron chi connectivity index (χ2n) is 7.59. The van der Waals surface area contributed by atoms with Crippen LogP contribution in [-0.2, 0) is 4.79 Å². The van der Waals surface area contributed by atoms with Crippen molar-refractivity contribution in [3.63, 3.8) is 0 Å². The van der Waals surface area contributed by atoms with Crippen molar-refractivity contribution >= 4 is 5.97 Å². The van der Waals surface area contributed by atoms with Crippen molar-refractivity contribution in [1.82, 2.24) is 0 Å². The van der Waals surface area contributed by atoms with Crippen molar-refractivity contribution in [3.05, 3.63) is 0 Å². The fourth-order valence-electron chi connectivity index (χ4n) is 4.14. The van der Waals surface area contributed by atoms with E-state index in [-0.39, 0.29) is 30.5 Å². The molecule has 3 N–H and O–H groups in total. The minimum atomic E-state index is -0.719. The normalized spacial score (nSPS) is 25.0. The van der Waals surface area contributed by atoms with Gasteiger partial charge in [-0.15, -0.1) is 0 Å². The molecule has 0 aromatic rings. The Morgan fingerprint density at radius 1 is 1.00 bits per heavy atom. The topological polar surface area (TPSA) is 77.8 Å². The molecular weight excluding hydrogens is 304 g/mol. The van der Waals surface area contributed by atoms with Gasteiger partial charge in [-0.05, 0) is 43.9 Å². The molecule has 24 heavy (non-hydrogen) atoms. The molecule has 4 atom stereocenters. The van der Waals surface area contributed by atoms with Crippen LogP contribution in [0.15, 0.2) is 0 Å². The summed E-state index contributed by atoms with van der Waals surface area (Å²) in [5.41, 5.74) is 0. The van der Waals surface area contributed by atoms with E-state index >= 15 is 0 Å². The average Bonchev–Trinajstić information content (AvgIpc) is 2.91. The van der Waals surface area contributed by atoms with E-state index in [1.165, 1.54) is 25.7 Å². The molecule has 0 heterocycles. The number of carboxylic acids is 1. The summed E-state index contributed by atoms with van der Waals surface area (Å²) < 4.78 is 0. The Balaban J connectivity index is 2.21. The van der Waals surface area contributed by atoms with Crippen LogP contribution in [0.5, 0.6) is 0 Å². The van der Waals surface area contributed by atoms with Crippen LogP contribution in [0.4, 0.5) is 0 Å². The van der Waals surface area contributed by atoms with Crippen molar-refractivity contribution in [1.29, 1.82) is 0 Å². The Bertz CT molecular complexity index is 332. The molecule has 1 aliphatic carbocycles. The maximum absolute atomic E-state index is 10.5. The van der Waals surface area contributed by atoms with Crippen LogP contribution >= 0.6 is 0 Å². The Labute approximate surface area is 147 Å². The standard InChI is InChI=1S/C20H38O4/c1-2-3-4-5-9-12-18(21)17-14-15-19(22)16(17)11-8-6-7-10-13-20(23)24/h16-19,21-22H,2-15H2,1H3,(H,23,24)/t16-,17+,18?,19+/m1/s1. The number of hydrogen-bond acceptors (Lipinski definition) is 3. The van der Waals surface area contributed by atoms with E-state index in [1.54, 1.807) is 0 Å². The van der Waals surface area contributed by atoms with Crippen molar-refractivity contribution in [2.45, 2.75) is 109 Å². The minimum Gasteiger partial charge on any atom is -0.481 e. The molecule has 0 aliphatic heterocycles. The molecule has 142 valence electrons. The van der Waals surface area contributed by atoms with Gasteiger partial charge < -0.3 is 15.3 Å². The van der Waals surface area contributed by atoms with Gasteiger partial charge in [0.2, 0.25) is 0 Å². The second-order valence-corrected chi connectivity index (χ2v) is 7.59. The Kier molecular flexibility index (Phi) is 11.4. The molecular formula is C20H38O4. The van der Waals surface area contributed by atoms with Gasteiger partial charge in [-0.25, -0.2) is 0 Å². The summed E-state index contributed by atoms with van der Waals surface area (Å²) in [5, 5.41) is 29.4. The number of hydrogen-bond donors (Lipinski definition) is 3. The summed E-state index contributed by atoms with van der Waals surface area (Å²) in [4.78, 5) is 10.5. The van der Waals surface area contributed by atoms with E-state index in [2.05, 4.69) is 6.92 Å². The summed E-state index contributed by atoms with van der Waals surface area (Å²) in [6.45, 7) is 2.21. The zero-order chi connectivity index (χ0) is 17.8. The maximum atomic E-state index is 10.5. The first-order valence-electron chi connectivity index (χ1n) is 10.1. The molecule has 0 radical (unpaired) electrons. The summed E-state index contributed by atoms with van der Waals surface area (Å²) in [6, 6.07) is 0. The quantitative estimate of drug-likeness (QED) is 0.406. The minimum absolute atomic E-state index is 0.232. The highest BCUT2D eigenvalue weighted by Gasteiger charge is 2.38. The van der Waals surface area contributed by atoms with E-state index in [0.717, 1.165) is 57.8 Å². The van der Waals surface area contributed by atoms with Gasteiger partial charge in [0.1, 0.15) is 0 Å². The van der Waals surface area contributed by atoms with Crippen LogP contribution < -0.4 is 0 Å². The number of rotatable bonds is 14. The lowest BCUT2D eigenvalue weighted by atomic mass is 9.84. The molecule has 1 aliphatic rings. The summed E-state index contributed by atoms with van der Waals surface area (Å²) in [6.07, 6.45) is 13.2. The van der Waals surface area contributed by atoms with E-state index in [1.807, 2.05) is 0 Å². The molecule has 0 bridgehead atoms. The molecule has 1 fully saturated rings. The summed E-state index contributed by atoms with van der Waals surface area (Å²) >= 11 is 0. The van der Waals surface area contributed by atoms with Gasteiger partial charge in [-0.3, -0.25) is 4.79 Å². The highest BCUT2D eigenvalue weighted by atomic mass is 16.4. The zero-order valence-corrected chi connectivity index (χ0v) is 15.5. The zero-order valence-electron chi connectivity index (χ0n) is 15.5. The lowest BCUT2D eigenvalue weighted by molar-refractivity contribution is -0.137. The van der Waals surface area contributed by atoms with Gasteiger partial charge in [0.25, 0.3) is 0 Å². The number of carboxylic acid groups (broad SMARTS) is 1. The molecule has 0 saturated heterocycles. The monoisotopic (exact) mass is 342 g/mol. The first-order valence-corrected chi connectivity index (χ1v) is 10.1. The van der Waals surface area contributed by atoms with Crippen molar-refractivity contribution in [2.75, 3.05) is 0 Å². The van der Waals surface area contributed by atoms with Crippen LogP contribution in [0.1, 0.15) is 96.8 Å². The largest absolute Gasteiger partial charge is 0.481 e. The van der Waals surface area contributed by atoms with Crippen molar-refractivity contribution in [2.24, 2.45) is 11.8 Å². The molecule has 1 rings (SSSR count). The van der Waals surface area contributed by atoms with Gasteiger partial charge in [0.05, 0.1) is 12.2 Å². The smallest absolute Gasteiger partial charge is 0.303 e. The lowest BCUT2D eigenvalue weighted by Gasteiger charge is -2.26. The van der Waals surface area contributed by atoms with Crippen LogP contribution in [-0.4, -0.2) is 33.5 Å². The van der Waals surface area contributed by atoms with E-state index in [4.69, 9.17) is 5.11 Å². The molecule has 0 spiro atoms. The Hall–Kier alpha value is -0.610. The highest BCUT2D eigenvalue weighted by molar-refractivity contribution is 5.66. The van der Waals surface area contributed by atoms with Gasteiger partial charge in [0.15, 0.2) is 0 Å². The number of carbonyl (C=O) groups is 1. The Morgan fingerprint density at radius 3 is 2.38 bits per heavy atom. The number of aliphatic hydroxyl groups excluding tert-OH is 2. The molecule has 4 heteroatoms. The fraction of sp³-hybridized carbons (Fsp3) is 0.950. The SMILES string of the molecule is CCCCCCCC(O)[C@H]1CC[C@H](O)[C@@H]1CCCCCCC(=O)O. The third kappa shape index (κ3) is 8.48. The third-order valence-electron chi connectivity index (χ3n) is 5.62. The number of unbranched alkanes of at least 4 members (excludes halogenated alkanes) is 7. The van der Waals surface area contributed by atoms with Crippen LogP contribution in [0.2, 0.25) is 0 Å². The lowest BCUT2D eigenvalue weighted by Crippen LogP contribution is -2.28. The maximum Gasteiger partial charge on any atom is 0.303 e. The average molecular weight is 343 g/mol. The molecule has 1 unspecified atom stereocenters. The summed E-state index contributed by atoms with van der Waals surface area (Å²) in [5.74, 6) is -0.233. The van der Waals surface area contributed by atoms with E-state index < -0.39 is 5.97 Å². The van der Waals surface area contributed by atoms with E-state index in [9.17, 15) is 15.0 Å². The molecule has 0 amide bonds. The van der Waals surface area contributed by atoms with Gasteiger partial charge in [0, 0.05) is 6.42 Å². The van der Waals surface area contributed by atoms with Gasteiger partial charge in [-0.1, -0.05) is 58.3 Å². The van der Waals surface area contributed by atoms with Crippen molar-refractivity contribution in [3.8, 4) is 0 Å². The Morgan fingerprint density at radius 2 is 1.67 bits per heavy atom. The number of aliphatic carboxylic acids is 1. The summed E-state index contributed by atoms with van der Waals surface area (Å²) in [7, 11) is 0. The van der Waals surface area contributed by atoms with Gasteiger partial charge >= 0.3 is 5.97 Å². The third-order valence-corrected chi connectivity index (χ3v) is 5.62. The second kappa shape index (κ2) is 12.7. The van der Waals surface area contributed by atoms with E-state index in [0.29, 0.717) is 0 Å².